The number of anilines is 1. The Kier molecular flexibility index (Phi) is 1.98. The van der Waals surface area contributed by atoms with E-state index in [1.54, 1.807) is 0 Å². The van der Waals surface area contributed by atoms with Crippen LogP contribution in [-0.4, -0.2) is 16.7 Å². The second-order valence-electron chi connectivity index (χ2n) is 3.12. The number of rotatable bonds is 3. The van der Waals surface area contributed by atoms with E-state index in [0.29, 0.717) is 11.9 Å². The SMILES string of the molecule is CCNc1nc(C2CCC2)no1. The van der Waals surface area contributed by atoms with Gasteiger partial charge in [-0.05, 0) is 19.8 Å². The summed E-state index contributed by atoms with van der Waals surface area (Å²) < 4.78 is 4.99. The van der Waals surface area contributed by atoms with Crippen LogP contribution in [0.1, 0.15) is 37.9 Å². The Hall–Kier alpha value is -1.06. The fourth-order valence-electron chi connectivity index (χ4n) is 1.29. The monoisotopic (exact) mass is 167 g/mol. The van der Waals surface area contributed by atoms with Gasteiger partial charge in [-0.25, -0.2) is 0 Å². The maximum absolute atomic E-state index is 4.99. The minimum atomic E-state index is 0.555. The van der Waals surface area contributed by atoms with Crippen LogP contribution < -0.4 is 5.32 Å². The van der Waals surface area contributed by atoms with Gasteiger partial charge >= 0.3 is 6.01 Å². The van der Waals surface area contributed by atoms with E-state index in [9.17, 15) is 0 Å². The lowest BCUT2D eigenvalue weighted by molar-refractivity contribution is 0.366. The highest BCUT2D eigenvalue weighted by atomic mass is 16.5. The highest BCUT2D eigenvalue weighted by molar-refractivity contribution is 5.19. The molecule has 0 aromatic carbocycles. The Balaban J connectivity index is 2.02. The molecule has 0 bridgehead atoms. The Morgan fingerprint density at radius 2 is 2.42 bits per heavy atom. The smallest absolute Gasteiger partial charge is 0.321 e. The van der Waals surface area contributed by atoms with Crippen molar-refractivity contribution in [1.29, 1.82) is 0 Å². The topological polar surface area (TPSA) is 51.0 Å². The van der Waals surface area contributed by atoms with Crippen LogP contribution in [0.4, 0.5) is 6.01 Å². The van der Waals surface area contributed by atoms with Crippen LogP contribution in [0.15, 0.2) is 4.52 Å². The number of hydrogen-bond donors (Lipinski definition) is 1. The van der Waals surface area contributed by atoms with Gasteiger partial charge in [0.2, 0.25) is 0 Å². The maximum Gasteiger partial charge on any atom is 0.321 e. The maximum atomic E-state index is 4.99. The lowest BCUT2D eigenvalue weighted by atomic mass is 9.85. The molecule has 1 saturated carbocycles. The molecule has 4 nitrogen and oxygen atoms in total. The Labute approximate surface area is 71.4 Å². The van der Waals surface area contributed by atoms with Crippen molar-refractivity contribution in [2.45, 2.75) is 32.1 Å². The summed E-state index contributed by atoms with van der Waals surface area (Å²) in [6, 6.07) is 0.555. The molecule has 1 aromatic heterocycles. The predicted molar refractivity (Wildman–Crippen MR) is 45.1 cm³/mol. The zero-order valence-electron chi connectivity index (χ0n) is 7.21. The molecular weight excluding hydrogens is 154 g/mol. The van der Waals surface area contributed by atoms with Crippen LogP contribution in [0.5, 0.6) is 0 Å². The third-order valence-corrected chi connectivity index (χ3v) is 2.24. The molecule has 1 N–H and O–H groups in total. The minimum absolute atomic E-state index is 0.555. The number of nitrogens with one attached hydrogen (secondary N) is 1. The van der Waals surface area contributed by atoms with Crippen molar-refractivity contribution in [3.05, 3.63) is 5.82 Å². The predicted octanol–water partition coefficient (Wildman–Crippen LogP) is 1.77. The van der Waals surface area contributed by atoms with Crippen molar-refractivity contribution in [1.82, 2.24) is 10.1 Å². The molecule has 0 spiro atoms. The molecule has 2 rings (SSSR count). The number of hydrogen-bond acceptors (Lipinski definition) is 4. The van der Waals surface area contributed by atoms with Gasteiger partial charge in [0, 0.05) is 12.5 Å². The summed E-state index contributed by atoms with van der Waals surface area (Å²) >= 11 is 0. The van der Waals surface area contributed by atoms with Gasteiger partial charge in [-0.2, -0.15) is 4.98 Å². The van der Waals surface area contributed by atoms with E-state index in [-0.39, 0.29) is 0 Å². The average Bonchev–Trinajstić information content (AvgIpc) is 2.34. The first-order valence-electron chi connectivity index (χ1n) is 4.47. The molecule has 0 amide bonds. The van der Waals surface area contributed by atoms with Gasteiger partial charge in [0.15, 0.2) is 5.82 Å². The van der Waals surface area contributed by atoms with Crippen molar-refractivity contribution in [2.24, 2.45) is 0 Å². The van der Waals surface area contributed by atoms with Crippen LogP contribution >= 0.6 is 0 Å². The van der Waals surface area contributed by atoms with Gasteiger partial charge in [-0.1, -0.05) is 11.6 Å². The van der Waals surface area contributed by atoms with E-state index >= 15 is 0 Å². The van der Waals surface area contributed by atoms with Crippen molar-refractivity contribution < 1.29 is 4.52 Å². The zero-order chi connectivity index (χ0) is 8.39. The molecule has 0 unspecified atom stereocenters. The lowest BCUT2D eigenvalue weighted by Gasteiger charge is -2.20. The molecule has 1 aromatic rings. The average molecular weight is 167 g/mol. The molecule has 12 heavy (non-hydrogen) atoms. The highest BCUT2D eigenvalue weighted by Crippen LogP contribution is 2.34. The summed E-state index contributed by atoms with van der Waals surface area (Å²) in [5, 5.41) is 6.90. The summed E-state index contributed by atoms with van der Waals surface area (Å²) in [7, 11) is 0. The summed E-state index contributed by atoms with van der Waals surface area (Å²) in [6.07, 6.45) is 3.73. The summed E-state index contributed by atoms with van der Waals surface area (Å²) in [4.78, 5) is 4.23. The first-order chi connectivity index (χ1) is 5.90. The normalized spacial score (nSPS) is 17.4. The summed E-state index contributed by atoms with van der Waals surface area (Å²) in [6.45, 7) is 2.83. The lowest BCUT2D eigenvalue weighted by Crippen LogP contribution is -2.10. The van der Waals surface area contributed by atoms with Crippen LogP contribution in [0.2, 0.25) is 0 Å². The van der Waals surface area contributed by atoms with E-state index < -0.39 is 0 Å². The second kappa shape index (κ2) is 3.13. The molecule has 1 aliphatic rings. The van der Waals surface area contributed by atoms with Crippen LogP contribution in [0.3, 0.4) is 0 Å². The van der Waals surface area contributed by atoms with Crippen LogP contribution in [-0.2, 0) is 0 Å². The van der Waals surface area contributed by atoms with Gasteiger partial charge in [0.1, 0.15) is 0 Å². The van der Waals surface area contributed by atoms with E-state index in [2.05, 4.69) is 15.5 Å². The molecule has 0 atom stereocenters. The minimum Gasteiger partial charge on any atom is -0.338 e. The molecule has 1 heterocycles. The third-order valence-electron chi connectivity index (χ3n) is 2.24. The number of aromatic nitrogens is 2. The summed E-state index contributed by atoms with van der Waals surface area (Å²) in [5.41, 5.74) is 0. The van der Waals surface area contributed by atoms with Gasteiger partial charge in [-0.3, -0.25) is 0 Å². The second-order valence-corrected chi connectivity index (χ2v) is 3.12. The van der Waals surface area contributed by atoms with Crippen LogP contribution in [0, 0.1) is 0 Å². The number of nitrogens with zero attached hydrogens (tertiary/aromatic N) is 2. The van der Waals surface area contributed by atoms with E-state index in [0.717, 1.165) is 12.4 Å². The van der Waals surface area contributed by atoms with E-state index in [1.807, 2.05) is 6.92 Å². The van der Waals surface area contributed by atoms with Gasteiger partial charge < -0.3 is 9.84 Å². The zero-order valence-corrected chi connectivity index (χ0v) is 7.21. The van der Waals surface area contributed by atoms with Gasteiger partial charge in [0.05, 0.1) is 0 Å². The van der Waals surface area contributed by atoms with Crippen LogP contribution in [0.25, 0.3) is 0 Å². The Morgan fingerprint density at radius 1 is 1.58 bits per heavy atom. The molecule has 0 saturated heterocycles. The van der Waals surface area contributed by atoms with E-state index in [1.165, 1.54) is 19.3 Å². The van der Waals surface area contributed by atoms with E-state index in [4.69, 9.17) is 4.52 Å². The molecular formula is C8H13N3O. The van der Waals surface area contributed by atoms with Crippen molar-refractivity contribution in [3.63, 3.8) is 0 Å². The molecule has 1 fully saturated rings. The molecule has 1 aliphatic carbocycles. The highest BCUT2D eigenvalue weighted by Gasteiger charge is 2.24. The largest absolute Gasteiger partial charge is 0.338 e. The quantitative estimate of drug-likeness (QED) is 0.745. The summed E-state index contributed by atoms with van der Waals surface area (Å²) in [5.74, 6) is 1.43. The molecule has 4 heteroatoms. The molecule has 66 valence electrons. The fraction of sp³-hybridized carbons (Fsp3) is 0.750. The first-order valence-corrected chi connectivity index (χ1v) is 4.47. The first kappa shape index (κ1) is 7.58. The molecule has 0 aliphatic heterocycles. The standard InChI is InChI=1S/C8H13N3O/c1-2-9-8-10-7(11-12-8)6-4-3-5-6/h6H,2-5H2,1H3,(H,9,10,11). The Morgan fingerprint density at radius 3 is 3.00 bits per heavy atom. The molecule has 0 radical (unpaired) electrons. The Bertz CT molecular complexity index is 255. The fourth-order valence-corrected chi connectivity index (χ4v) is 1.29. The van der Waals surface area contributed by atoms with Crippen molar-refractivity contribution in [2.75, 3.05) is 11.9 Å². The third kappa shape index (κ3) is 1.29. The van der Waals surface area contributed by atoms with Gasteiger partial charge in [-0.15, -0.1) is 0 Å². The van der Waals surface area contributed by atoms with Gasteiger partial charge in [0.25, 0.3) is 0 Å². The van der Waals surface area contributed by atoms with Crippen molar-refractivity contribution >= 4 is 6.01 Å². The van der Waals surface area contributed by atoms with Crippen molar-refractivity contribution in [3.8, 4) is 0 Å².